The molecule has 0 spiro atoms. The average molecular weight is 680 g/mol. The van der Waals surface area contributed by atoms with Crippen LogP contribution in [0.25, 0.3) is 0 Å². The molecular formula is C36H49N5O8. The summed E-state index contributed by atoms with van der Waals surface area (Å²) in [5, 5.41) is 24.2. The van der Waals surface area contributed by atoms with E-state index < -0.39 is 66.3 Å². The maximum absolute atomic E-state index is 14.5. The first-order valence-corrected chi connectivity index (χ1v) is 16.6. The molecule has 4 N–H and O–H groups in total. The number of carboxylic acids is 2. The van der Waals surface area contributed by atoms with Gasteiger partial charge in [0.25, 0.3) is 0 Å². The van der Waals surface area contributed by atoms with E-state index in [4.69, 9.17) is 0 Å². The molecule has 49 heavy (non-hydrogen) atoms. The van der Waals surface area contributed by atoms with Crippen LogP contribution in [0, 0.1) is 5.92 Å². The highest BCUT2D eigenvalue weighted by Gasteiger charge is 2.42. The summed E-state index contributed by atoms with van der Waals surface area (Å²) in [6, 6.07) is 12.6. The lowest BCUT2D eigenvalue weighted by Crippen LogP contribution is -2.59. The van der Waals surface area contributed by atoms with Crippen molar-refractivity contribution in [2.75, 3.05) is 27.7 Å². The molecule has 1 saturated heterocycles. The zero-order chi connectivity index (χ0) is 36.2. The fourth-order valence-corrected chi connectivity index (χ4v) is 6.19. The van der Waals surface area contributed by atoms with E-state index in [-0.39, 0.29) is 24.7 Å². The fourth-order valence-electron chi connectivity index (χ4n) is 6.19. The second-order valence-electron chi connectivity index (χ2n) is 13.0. The van der Waals surface area contributed by atoms with Crippen LogP contribution in [0.3, 0.4) is 0 Å². The molecule has 0 radical (unpaired) electrons. The summed E-state index contributed by atoms with van der Waals surface area (Å²) in [6.45, 7) is 4.46. The van der Waals surface area contributed by atoms with E-state index in [2.05, 4.69) is 10.6 Å². The molecule has 0 aromatic heterocycles. The number of carboxylic acid groups (broad SMARTS) is 2. The number of amides is 4. The van der Waals surface area contributed by atoms with Crippen LogP contribution in [-0.4, -0.2) is 118 Å². The normalized spacial score (nSPS) is 16.7. The number of aliphatic carboxylic acids is 2. The number of hydrogen-bond donors (Lipinski definition) is 4. The van der Waals surface area contributed by atoms with Gasteiger partial charge >= 0.3 is 11.9 Å². The maximum Gasteiger partial charge on any atom is 0.326 e. The minimum atomic E-state index is -1.72. The molecule has 266 valence electrons. The number of likely N-dealkylation sites (tertiary alicyclic amines) is 1. The van der Waals surface area contributed by atoms with Crippen LogP contribution in [0.1, 0.15) is 50.7 Å². The van der Waals surface area contributed by atoms with Crippen LogP contribution in [-0.2, 0) is 41.6 Å². The van der Waals surface area contributed by atoms with E-state index in [0.717, 1.165) is 5.56 Å². The number of carbonyl (C=O) groups excluding carboxylic acids is 4. The van der Waals surface area contributed by atoms with Crippen molar-refractivity contribution in [2.45, 2.75) is 82.6 Å². The van der Waals surface area contributed by atoms with Crippen molar-refractivity contribution in [2.24, 2.45) is 5.92 Å². The van der Waals surface area contributed by atoms with Gasteiger partial charge in [0.15, 0.2) is 0 Å². The lowest BCUT2D eigenvalue weighted by molar-refractivity contribution is -0.152. The lowest BCUT2D eigenvalue weighted by atomic mass is 9.99. The SMILES string of the molecule is CN[C@@H](CC(C)C)C(=O)N1CCC[C@H]1C(=O)N(C)[C@@H](Cc1ccccc1)C(=O)N(C)[C@@H](Cc1ccccc1)C(=O)N[C@@H](CC(=O)O)C(=O)O. The predicted molar refractivity (Wildman–Crippen MR) is 182 cm³/mol. The molecule has 0 aliphatic carbocycles. The van der Waals surface area contributed by atoms with Gasteiger partial charge in [-0.1, -0.05) is 74.5 Å². The van der Waals surface area contributed by atoms with Gasteiger partial charge in [-0.3, -0.25) is 24.0 Å². The summed E-state index contributed by atoms with van der Waals surface area (Å²) in [6.07, 6.45) is 0.918. The summed E-state index contributed by atoms with van der Waals surface area (Å²) in [7, 11) is 4.65. The fraction of sp³-hybridized carbons (Fsp3) is 0.500. The van der Waals surface area contributed by atoms with E-state index in [9.17, 15) is 39.0 Å². The highest BCUT2D eigenvalue weighted by molar-refractivity contribution is 5.96. The molecule has 2 aromatic carbocycles. The van der Waals surface area contributed by atoms with Crippen LogP contribution in [0.4, 0.5) is 0 Å². The van der Waals surface area contributed by atoms with Crippen molar-refractivity contribution >= 4 is 35.6 Å². The maximum atomic E-state index is 14.5. The molecule has 5 atom stereocenters. The third-order valence-corrected chi connectivity index (χ3v) is 8.93. The number of carbonyl (C=O) groups is 6. The molecule has 1 fully saturated rings. The molecule has 4 amide bonds. The molecular weight excluding hydrogens is 630 g/mol. The van der Waals surface area contributed by atoms with Gasteiger partial charge in [-0.15, -0.1) is 0 Å². The number of benzene rings is 2. The van der Waals surface area contributed by atoms with Gasteiger partial charge < -0.3 is 35.5 Å². The Morgan fingerprint density at radius 2 is 1.39 bits per heavy atom. The van der Waals surface area contributed by atoms with E-state index >= 15 is 0 Å². The first kappa shape index (κ1) is 38.7. The predicted octanol–water partition coefficient (Wildman–Crippen LogP) is 1.80. The highest BCUT2D eigenvalue weighted by atomic mass is 16.4. The monoisotopic (exact) mass is 679 g/mol. The Labute approximate surface area is 287 Å². The average Bonchev–Trinajstić information content (AvgIpc) is 3.57. The van der Waals surface area contributed by atoms with Crippen LogP contribution < -0.4 is 10.6 Å². The van der Waals surface area contributed by atoms with Crippen molar-refractivity contribution in [1.29, 1.82) is 0 Å². The summed E-state index contributed by atoms with van der Waals surface area (Å²) in [5.74, 6) is -4.69. The Kier molecular flexibility index (Phi) is 14.3. The zero-order valence-electron chi connectivity index (χ0n) is 28.9. The molecule has 0 saturated carbocycles. The lowest BCUT2D eigenvalue weighted by Gasteiger charge is -2.37. The largest absolute Gasteiger partial charge is 0.481 e. The molecule has 13 heteroatoms. The van der Waals surface area contributed by atoms with Gasteiger partial charge in [-0.05, 0) is 43.4 Å². The van der Waals surface area contributed by atoms with Gasteiger partial charge in [0, 0.05) is 33.5 Å². The Balaban J connectivity index is 1.97. The molecule has 13 nitrogen and oxygen atoms in total. The standard InChI is InChI=1S/C36H49N5O8/c1-23(2)19-26(37-3)33(45)41-18-12-17-28(41)34(46)40(5)30(21-25-15-10-7-11-16-25)35(47)39(4)29(20-24-13-8-6-9-14-24)32(44)38-27(36(48)49)22-31(42)43/h6-11,13-16,23,26-30,37H,12,17-22H2,1-5H3,(H,38,44)(H,42,43)(H,48,49)/t26-,27-,28-,29-,30-/m0/s1. The van der Waals surface area contributed by atoms with E-state index in [1.54, 1.807) is 42.3 Å². The minimum absolute atomic E-state index is 0.00377. The van der Waals surface area contributed by atoms with Crippen molar-refractivity contribution in [3.8, 4) is 0 Å². The third kappa shape index (κ3) is 10.6. The van der Waals surface area contributed by atoms with Gasteiger partial charge in [0.05, 0.1) is 12.5 Å². The zero-order valence-corrected chi connectivity index (χ0v) is 28.9. The van der Waals surface area contributed by atoms with Crippen LogP contribution in [0.15, 0.2) is 60.7 Å². The smallest absolute Gasteiger partial charge is 0.326 e. The van der Waals surface area contributed by atoms with Crippen molar-refractivity contribution in [1.82, 2.24) is 25.3 Å². The summed E-state index contributed by atoms with van der Waals surface area (Å²) in [5.41, 5.74) is 1.44. The topological polar surface area (TPSA) is 177 Å². The number of hydrogen-bond acceptors (Lipinski definition) is 7. The first-order chi connectivity index (χ1) is 23.2. The van der Waals surface area contributed by atoms with E-state index in [0.29, 0.717) is 31.4 Å². The number of nitrogens with one attached hydrogen (secondary N) is 2. The Bertz CT molecular complexity index is 1450. The van der Waals surface area contributed by atoms with Gasteiger partial charge in [0.1, 0.15) is 24.2 Å². The Hall–Kier alpha value is -4.78. The summed E-state index contributed by atoms with van der Waals surface area (Å²) in [4.78, 5) is 83.2. The Morgan fingerprint density at radius 3 is 1.88 bits per heavy atom. The molecule has 1 heterocycles. The highest BCUT2D eigenvalue weighted by Crippen LogP contribution is 2.24. The molecule has 2 aromatic rings. The number of likely N-dealkylation sites (N-methyl/N-ethyl adjacent to an activating group) is 3. The van der Waals surface area contributed by atoms with Crippen molar-refractivity contribution in [3.05, 3.63) is 71.8 Å². The van der Waals surface area contributed by atoms with Gasteiger partial charge in [-0.25, -0.2) is 4.79 Å². The quantitative estimate of drug-likeness (QED) is 0.194. The van der Waals surface area contributed by atoms with Gasteiger partial charge in [-0.2, -0.15) is 0 Å². The Morgan fingerprint density at radius 1 is 0.837 bits per heavy atom. The minimum Gasteiger partial charge on any atom is -0.481 e. The van der Waals surface area contributed by atoms with E-state index in [1.165, 1.54) is 23.9 Å². The second-order valence-corrected chi connectivity index (χ2v) is 13.0. The number of rotatable bonds is 17. The van der Waals surface area contributed by atoms with Crippen LogP contribution in [0.5, 0.6) is 0 Å². The molecule has 0 bridgehead atoms. The van der Waals surface area contributed by atoms with Crippen molar-refractivity contribution in [3.63, 3.8) is 0 Å². The number of nitrogens with zero attached hydrogens (tertiary/aromatic N) is 3. The van der Waals surface area contributed by atoms with Crippen LogP contribution >= 0.6 is 0 Å². The first-order valence-electron chi connectivity index (χ1n) is 16.6. The van der Waals surface area contributed by atoms with E-state index in [1.807, 2.05) is 44.2 Å². The molecule has 0 unspecified atom stereocenters. The summed E-state index contributed by atoms with van der Waals surface area (Å²) < 4.78 is 0. The molecule has 1 aliphatic rings. The third-order valence-electron chi connectivity index (χ3n) is 8.93. The molecule has 3 rings (SSSR count). The van der Waals surface area contributed by atoms with Crippen molar-refractivity contribution < 1.29 is 39.0 Å². The van der Waals surface area contributed by atoms with Gasteiger partial charge in [0.2, 0.25) is 23.6 Å². The molecule has 1 aliphatic heterocycles. The second kappa shape index (κ2) is 18.1. The van der Waals surface area contributed by atoms with Crippen LogP contribution in [0.2, 0.25) is 0 Å². The summed E-state index contributed by atoms with van der Waals surface area (Å²) >= 11 is 0.